The summed E-state index contributed by atoms with van der Waals surface area (Å²) >= 11 is 0. The Labute approximate surface area is 81.3 Å². The fourth-order valence-electron chi connectivity index (χ4n) is 0.363. The van der Waals surface area contributed by atoms with E-state index in [9.17, 15) is 9.59 Å². The highest BCUT2D eigenvalue weighted by Gasteiger charge is 1.93. The van der Waals surface area contributed by atoms with Crippen molar-refractivity contribution in [1.29, 1.82) is 0 Å². The lowest BCUT2D eigenvalue weighted by Gasteiger charge is -2.01. The summed E-state index contributed by atoms with van der Waals surface area (Å²) in [5.41, 5.74) is 0. The molecule has 0 aromatic rings. The maximum absolute atomic E-state index is 10.5. The molecule has 0 rings (SSSR count). The Kier molecular flexibility index (Phi) is 11.2. The van der Waals surface area contributed by atoms with E-state index in [1.54, 1.807) is 0 Å². The van der Waals surface area contributed by atoms with Gasteiger partial charge in [0.05, 0.1) is 6.67 Å². The van der Waals surface area contributed by atoms with Crippen LogP contribution in [0.15, 0.2) is 25.3 Å². The highest BCUT2D eigenvalue weighted by molar-refractivity contribution is 5.89. The van der Waals surface area contributed by atoms with Crippen molar-refractivity contribution in [2.75, 3.05) is 6.67 Å². The van der Waals surface area contributed by atoms with E-state index in [-0.39, 0.29) is 25.0 Å². The van der Waals surface area contributed by atoms with Gasteiger partial charge in [0.25, 0.3) is 6.47 Å². The van der Waals surface area contributed by atoms with E-state index in [0.717, 1.165) is 12.2 Å². The number of carbonyl (C=O) groups is 3. The van der Waals surface area contributed by atoms with Crippen LogP contribution < -0.4 is 10.6 Å². The second-order valence-electron chi connectivity index (χ2n) is 1.77. The van der Waals surface area contributed by atoms with E-state index >= 15 is 0 Å². The molecule has 0 saturated carbocycles. The van der Waals surface area contributed by atoms with Crippen molar-refractivity contribution >= 4 is 18.3 Å². The monoisotopic (exact) mass is 200 g/mol. The number of hydrogen-bond acceptors (Lipinski definition) is 3. The molecule has 0 saturated heterocycles. The zero-order valence-electron chi connectivity index (χ0n) is 7.53. The van der Waals surface area contributed by atoms with Gasteiger partial charge in [-0.2, -0.15) is 0 Å². The Morgan fingerprint density at radius 2 is 1.43 bits per heavy atom. The predicted molar refractivity (Wildman–Crippen MR) is 50.2 cm³/mol. The fraction of sp³-hybridized carbons (Fsp3) is 0.125. The van der Waals surface area contributed by atoms with Crippen LogP contribution in [-0.2, 0) is 14.4 Å². The van der Waals surface area contributed by atoms with Gasteiger partial charge in [-0.05, 0) is 12.2 Å². The number of amides is 2. The molecule has 2 amide bonds. The predicted octanol–water partition coefficient (Wildman–Crippen LogP) is -0.751. The Balaban J connectivity index is 0. The third kappa shape index (κ3) is 12.6. The molecule has 0 fully saturated rings. The summed E-state index contributed by atoms with van der Waals surface area (Å²) in [7, 11) is 0. The first-order chi connectivity index (χ1) is 6.62. The van der Waals surface area contributed by atoms with Crippen LogP contribution in [0.5, 0.6) is 0 Å². The van der Waals surface area contributed by atoms with E-state index in [4.69, 9.17) is 9.90 Å². The molecular weight excluding hydrogens is 188 g/mol. The van der Waals surface area contributed by atoms with Crippen molar-refractivity contribution in [3.05, 3.63) is 25.3 Å². The number of rotatable bonds is 4. The van der Waals surface area contributed by atoms with Gasteiger partial charge in [0.1, 0.15) is 0 Å². The molecule has 0 aliphatic heterocycles. The second-order valence-corrected chi connectivity index (χ2v) is 1.77. The van der Waals surface area contributed by atoms with Crippen molar-refractivity contribution in [2.45, 2.75) is 0 Å². The smallest absolute Gasteiger partial charge is 0.290 e. The van der Waals surface area contributed by atoms with Gasteiger partial charge in [-0.3, -0.25) is 14.4 Å². The zero-order chi connectivity index (χ0) is 11.4. The molecule has 0 aromatic carbocycles. The molecule has 0 spiro atoms. The minimum Gasteiger partial charge on any atom is -0.483 e. The molecular formula is C8H12N2O4. The standard InChI is InChI=1S/C7H10N2O2.CH2O2/c1-3-6(10)8-5-9-7(11)4-2;2-1-3/h3-4H,1-2,5H2,(H,8,10)(H,9,11);1H,(H,2,3). The second kappa shape index (κ2) is 10.9. The van der Waals surface area contributed by atoms with Crippen LogP contribution in [0.4, 0.5) is 0 Å². The molecule has 0 bridgehead atoms. The number of hydrogen-bond donors (Lipinski definition) is 3. The lowest BCUT2D eigenvalue weighted by atomic mass is 10.5. The molecule has 6 nitrogen and oxygen atoms in total. The topological polar surface area (TPSA) is 95.5 Å². The number of carboxylic acid groups (broad SMARTS) is 1. The van der Waals surface area contributed by atoms with E-state index < -0.39 is 0 Å². The number of carbonyl (C=O) groups excluding carboxylic acids is 2. The molecule has 0 aromatic heterocycles. The molecule has 6 heteroatoms. The molecule has 78 valence electrons. The Morgan fingerprint density at radius 3 is 1.64 bits per heavy atom. The van der Waals surface area contributed by atoms with Crippen LogP contribution in [0.25, 0.3) is 0 Å². The van der Waals surface area contributed by atoms with Crippen LogP contribution in [0.2, 0.25) is 0 Å². The van der Waals surface area contributed by atoms with Gasteiger partial charge in [0.15, 0.2) is 0 Å². The summed E-state index contributed by atoms with van der Waals surface area (Å²) in [6, 6.07) is 0. The van der Waals surface area contributed by atoms with Crippen molar-refractivity contribution in [3.8, 4) is 0 Å². The zero-order valence-corrected chi connectivity index (χ0v) is 7.53. The molecule has 3 N–H and O–H groups in total. The van der Waals surface area contributed by atoms with Gasteiger partial charge in [-0.25, -0.2) is 0 Å². The van der Waals surface area contributed by atoms with Crippen LogP contribution >= 0.6 is 0 Å². The molecule has 14 heavy (non-hydrogen) atoms. The summed E-state index contributed by atoms with van der Waals surface area (Å²) in [5, 5.41) is 11.6. The first kappa shape index (κ1) is 14.4. The lowest BCUT2D eigenvalue weighted by molar-refractivity contribution is -0.123. The van der Waals surface area contributed by atoms with Crippen molar-refractivity contribution < 1.29 is 19.5 Å². The normalized spacial score (nSPS) is 7.14. The average molecular weight is 200 g/mol. The highest BCUT2D eigenvalue weighted by Crippen LogP contribution is 1.65. The minimum atomic E-state index is -0.325. The largest absolute Gasteiger partial charge is 0.483 e. The van der Waals surface area contributed by atoms with Crippen molar-refractivity contribution in [3.63, 3.8) is 0 Å². The van der Waals surface area contributed by atoms with Crippen LogP contribution in [-0.4, -0.2) is 30.1 Å². The summed E-state index contributed by atoms with van der Waals surface area (Å²) < 4.78 is 0. The molecule has 0 unspecified atom stereocenters. The van der Waals surface area contributed by atoms with Crippen LogP contribution in [0, 0.1) is 0 Å². The van der Waals surface area contributed by atoms with Gasteiger partial charge < -0.3 is 15.7 Å². The Morgan fingerprint density at radius 1 is 1.14 bits per heavy atom. The van der Waals surface area contributed by atoms with Crippen molar-refractivity contribution in [1.82, 2.24) is 10.6 Å². The summed E-state index contributed by atoms with van der Waals surface area (Å²) in [6.45, 7) is 6.31. The van der Waals surface area contributed by atoms with E-state index in [0.29, 0.717) is 0 Å². The van der Waals surface area contributed by atoms with Gasteiger partial charge >= 0.3 is 0 Å². The Hall–Kier alpha value is -2.11. The molecule has 0 aliphatic carbocycles. The molecule has 0 radical (unpaired) electrons. The van der Waals surface area contributed by atoms with Gasteiger partial charge in [-0.15, -0.1) is 0 Å². The molecule has 0 heterocycles. The quantitative estimate of drug-likeness (QED) is 0.316. The first-order valence-electron chi connectivity index (χ1n) is 3.50. The fourth-order valence-corrected chi connectivity index (χ4v) is 0.363. The summed E-state index contributed by atoms with van der Waals surface area (Å²) in [5.74, 6) is -0.649. The maximum atomic E-state index is 10.5. The van der Waals surface area contributed by atoms with E-state index in [2.05, 4.69) is 23.8 Å². The van der Waals surface area contributed by atoms with Crippen LogP contribution in [0.3, 0.4) is 0 Å². The molecule has 0 atom stereocenters. The minimum absolute atomic E-state index is 0.0930. The average Bonchev–Trinajstić information content (AvgIpc) is 2.18. The van der Waals surface area contributed by atoms with Gasteiger partial charge in [-0.1, -0.05) is 13.2 Å². The van der Waals surface area contributed by atoms with Crippen LogP contribution in [0.1, 0.15) is 0 Å². The Bertz CT molecular complexity index is 205. The highest BCUT2D eigenvalue weighted by atomic mass is 16.3. The van der Waals surface area contributed by atoms with Gasteiger partial charge in [0, 0.05) is 0 Å². The SMILES string of the molecule is C=CC(=O)NCNC(=O)C=C.O=CO. The summed E-state index contributed by atoms with van der Waals surface area (Å²) in [4.78, 5) is 29.3. The van der Waals surface area contributed by atoms with Gasteiger partial charge in [0.2, 0.25) is 11.8 Å². The van der Waals surface area contributed by atoms with E-state index in [1.807, 2.05) is 0 Å². The number of nitrogens with one attached hydrogen (secondary N) is 2. The third-order valence-corrected chi connectivity index (χ3v) is 0.896. The third-order valence-electron chi connectivity index (χ3n) is 0.896. The first-order valence-corrected chi connectivity index (χ1v) is 3.50. The summed E-state index contributed by atoms with van der Waals surface area (Å²) in [6.07, 6.45) is 2.25. The van der Waals surface area contributed by atoms with Crippen molar-refractivity contribution in [2.24, 2.45) is 0 Å². The maximum Gasteiger partial charge on any atom is 0.290 e. The van der Waals surface area contributed by atoms with E-state index in [1.165, 1.54) is 0 Å². The molecule has 0 aliphatic rings. The lowest BCUT2D eigenvalue weighted by Crippen LogP contribution is -2.35.